The highest BCUT2D eigenvalue weighted by atomic mass is 35.5. The Labute approximate surface area is 166 Å². The third kappa shape index (κ3) is 4.75. The second kappa shape index (κ2) is 7.33. The molecule has 1 heterocycles. The van der Waals surface area contributed by atoms with Crippen LogP contribution in [0.1, 0.15) is 42.1 Å². The average molecular weight is 427 g/mol. The van der Waals surface area contributed by atoms with E-state index < -0.39 is 15.7 Å². The van der Waals surface area contributed by atoms with Crippen LogP contribution in [0, 0.1) is 5.41 Å². The molecule has 3 rings (SSSR count). The van der Waals surface area contributed by atoms with Crippen molar-refractivity contribution in [1.82, 2.24) is 4.98 Å². The van der Waals surface area contributed by atoms with Gasteiger partial charge in [-0.05, 0) is 36.1 Å². The van der Waals surface area contributed by atoms with Crippen LogP contribution >= 0.6 is 22.9 Å². The first-order valence-corrected chi connectivity index (χ1v) is 11.2. The van der Waals surface area contributed by atoms with Crippen molar-refractivity contribution in [3.63, 3.8) is 0 Å². The van der Waals surface area contributed by atoms with Crippen molar-refractivity contribution >= 4 is 49.6 Å². The lowest BCUT2D eigenvalue weighted by molar-refractivity contribution is -0.115. The van der Waals surface area contributed by atoms with Gasteiger partial charge in [0.25, 0.3) is 0 Å². The van der Waals surface area contributed by atoms with Crippen molar-refractivity contribution in [3.8, 4) is 0 Å². The van der Waals surface area contributed by atoms with Crippen LogP contribution in [0.4, 0.5) is 5.13 Å². The number of aromatic nitrogens is 1. The number of anilines is 1. The number of ketones is 1. The Balaban J connectivity index is 1.63. The first-order valence-electron chi connectivity index (χ1n) is 8.37. The normalized spacial score (nSPS) is 16.0. The number of nitrogens with one attached hydrogen (secondary N) is 1. The second-order valence-corrected chi connectivity index (χ2v) is 10.9. The Kier molecular flexibility index (Phi) is 5.42. The fourth-order valence-corrected chi connectivity index (χ4v) is 5.24. The van der Waals surface area contributed by atoms with E-state index in [9.17, 15) is 18.0 Å². The molecule has 1 N–H and O–H groups in total. The van der Waals surface area contributed by atoms with Crippen molar-refractivity contribution in [2.45, 2.75) is 38.0 Å². The summed E-state index contributed by atoms with van der Waals surface area (Å²) in [6.45, 7) is 4.01. The number of halogens is 1. The number of thiazole rings is 1. The van der Waals surface area contributed by atoms with Crippen LogP contribution in [0.5, 0.6) is 0 Å². The van der Waals surface area contributed by atoms with Gasteiger partial charge in [0.1, 0.15) is 0 Å². The van der Waals surface area contributed by atoms with Gasteiger partial charge in [-0.1, -0.05) is 36.8 Å². The largest absolute Gasteiger partial charge is 0.302 e. The molecule has 6 nitrogen and oxygen atoms in total. The summed E-state index contributed by atoms with van der Waals surface area (Å²) < 4.78 is 24.6. The molecule has 0 saturated heterocycles. The molecule has 0 unspecified atom stereocenters. The number of carbonyl (C=O) groups is 2. The third-order valence-electron chi connectivity index (χ3n) is 4.25. The van der Waals surface area contributed by atoms with E-state index in [2.05, 4.69) is 10.3 Å². The van der Waals surface area contributed by atoms with Crippen molar-refractivity contribution in [3.05, 3.63) is 39.9 Å². The Morgan fingerprint density at radius 2 is 1.93 bits per heavy atom. The molecule has 27 heavy (non-hydrogen) atoms. The van der Waals surface area contributed by atoms with Crippen LogP contribution in [-0.4, -0.2) is 30.8 Å². The maximum absolute atomic E-state index is 12.3. The van der Waals surface area contributed by atoms with Crippen LogP contribution in [0.3, 0.4) is 0 Å². The molecule has 0 aliphatic heterocycles. The molecular weight excluding hydrogens is 408 g/mol. The van der Waals surface area contributed by atoms with Gasteiger partial charge >= 0.3 is 0 Å². The van der Waals surface area contributed by atoms with Crippen LogP contribution < -0.4 is 5.32 Å². The highest BCUT2D eigenvalue weighted by Gasteiger charge is 2.34. The molecule has 1 aromatic heterocycles. The molecule has 1 aliphatic carbocycles. The lowest BCUT2D eigenvalue weighted by atomic mass is 9.78. The Morgan fingerprint density at radius 3 is 2.59 bits per heavy atom. The van der Waals surface area contributed by atoms with Gasteiger partial charge in [-0.2, -0.15) is 0 Å². The van der Waals surface area contributed by atoms with Gasteiger partial charge in [0, 0.05) is 17.9 Å². The molecule has 9 heteroatoms. The maximum atomic E-state index is 12.3. The van der Waals surface area contributed by atoms with E-state index in [4.69, 9.17) is 11.6 Å². The maximum Gasteiger partial charge on any atom is 0.227 e. The number of rotatable bonds is 5. The zero-order valence-corrected chi connectivity index (χ0v) is 17.3. The Morgan fingerprint density at radius 1 is 1.26 bits per heavy atom. The quantitative estimate of drug-likeness (QED) is 0.785. The fraction of sp³-hybridized carbons (Fsp3) is 0.389. The average Bonchev–Trinajstić information content (AvgIpc) is 2.95. The smallest absolute Gasteiger partial charge is 0.227 e. The van der Waals surface area contributed by atoms with E-state index in [-0.39, 0.29) is 28.3 Å². The highest BCUT2D eigenvalue weighted by Crippen LogP contribution is 2.38. The minimum absolute atomic E-state index is 0.0320. The summed E-state index contributed by atoms with van der Waals surface area (Å²) >= 11 is 6.91. The lowest BCUT2D eigenvalue weighted by Crippen LogP contribution is -2.26. The topological polar surface area (TPSA) is 93.2 Å². The first kappa shape index (κ1) is 20.0. The summed E-state index contributed by atoms with van der Waals surface area (Å²) in [5.41, 5.74) is 0.553. The number of Topliss-reactive ketones (excluding diaryl/α,β-unsaturated/α-hetero) is 1. The predicted molar refractivity (Wildman–Crippen MR) is 105 cm³/mol. The van der Waals surface area contributed by atoms with Gasteiger partial charge in [0.15, 0.2) is 20.8 Å². The van der Waals surface area contributed by atoms with Gasteiger partial charge in [0.2, 0.25) is 5.91 Å². The van der Waals surface area contributed by atoms with Gasteiger partial charge in [-0.25, -0.2) is 13.4 Å². The number of carbonyl (C=O) groups excluding carboxylic acids is 2. The molecule has 2 aromatic rings. The SMILES string of the molecule is CC1(C)CC(=O)c2sc(NC(=O)CCS(=O)(=O)c3ccc(Cl)cc3)nc2C1. The number of amides is 1. The van der Waals surface area contributed by atoms with Crippen molar-refractivity contribution in [2.75, 3.05) is 11.1 Å². The van der Waals surface area contributed by atoms with Crippen LogP contribution in [-0.2, 0) is 21.1 Å². The van der Waals surface area contributed by atoms with Gasteiger partial charge < -0.3 is 5.32 Å². The van der Waals surface area contributed by atoms with E-state index in [1.54, 1.807) is 0 Å². The van der Waals surface area contributed by atoms with E-state index in [1.165, 1.54) is 24.3 Å². The third-order valence-corrected chi connectivity index (χ3v) is 7.29. The minimum Gasteiger partial charge on any atom is -0.302 e. The van der Waals surface area contributed by atoms with Gasteiger partial charge in [-0.15, -0.1) is 0 Å². The summed E-state index contributed by atoms with van der Waals surface area (Å²) in [5.74, 6) is -0.743. The van der Waals surface area contributed by atoms with E-state index in [0.717, 1.165) is 11.3 Å². The summed E-state index contributed by atoms with van der Waals surface area (Å²) in [4.78, 5) is 29.4. The molecule has 0 atom stereocenters. The molecule has 1 aliphatic rings. The van der Waals surface area contributed by atoms with E-state index >= 15 is 0 Å². The number of benzene rings is 1. The second-order valence-electron chi connectivity index (χ2n) is 7.31. The molecule has 0 radical (unpaired) electrons. The number of fused-ring (bicyclic) bond motifs is 1. The number of hydrogen-bond acceptors (Lipinski definition) is 6. The zero-order chi connectivity index (χ0) is 19.8. The first-order chi connectivity index (χ1) is 12.6. The summed E-state index contributed by atoms with van der Waals surface area (Å²) in [6.07, 6.45) is 0.926. The standard InChI is InChI=1S/C18H19ClN2O4S2/c1-18(2)9-13-16(14(22)10-18)26-17(20-13)21-15(23)7-8-27(24,25)12-5-3-11(19)4-6-12/h3-6H,7-10H2,1-2H3,(H,20,21,23). The number of sulfone groups is 1. The summed E-state index contributed by atoms with van der Waals surface area (Å²) in [5, 5.41) is 3.39. The molecule has 0 saturated carbocycles. The minimum atomic E-state index is -3.58. The van der Waals surface area contributed by atoms with Gasteiger partial charge in [-0.3, -0.25) is 9.59 Å². The van der Waals surface area contributed by atoms with Gasteiger partial charge in [0.05, 0.1) is 21.2 Å². The van der Waals surface area contributed by atoms with Crippen LogP contribution in [0.25, 0.3) is 0 Å². The molecule has 1 aromatic carbocycles. The Hall–Kier alpha value is -1.77. The number of nitrogens with zero attached hydrogens (tertiary/aromatic N) is 1. The van der Waals surface area contributed by atoms with Crippen molar-refractivity contribution in [1.29, 1.82) is 0 Å². The monoisotopic (exact) mass is 426 g/mol. The van der Waals surface area contributed by atoms with Crippen molar-refractivity contribution < 1.29 is 18.0 Å². The molecule has 144 valence electrons. The molecule has 1 amide bonds. The zero-order valence-electron chi connectivity index (χ0n) is 14.9. The molecular formula is C18H19ClN2O4S2. The van der Waals surface area contributed by atoms with Crippen LogP contribution in [0.15, 0.2) is 29.2 Å². The number of hydrogen-bond donors (Lipinski definition) is 1. The lowest BCUT2D eigenvalue weighted by Gasteiger charge is -2.26. The van der Waals surface area contributed by atoms with Crippen LogP contribution in [0.2, 0.25) is 5.02 Å². The van der Waals surface area contributed by atoms with Crippen molar-refractivity contribution in [2.24, 2.45) is 5.41 Å². The van der Waals surface area contributed by atoms with E-state index in [0.29, 0.717) is 33.6 Å². The van der Waals surface area contributed by atoms with E-state index in [1.807, 2.05) is 13.8 Å². The summed E-state index contributed by atoms with van der Waals surface area (Å²) in [6, 6.07) is 5.82. The molecule has 0 fully saturated rings. The summed E-state index contributed by atoms with van der Waals surface area (Å²) in [7, 11) is -3.58. The Bertz CT molecular complexity index is 995. The predicted octanol–water partition coefficient (Wildman–Crippen LogP) is 3.75. The molecule has 0 spiro atoms. The highest BCUT2D eigenvalue weighted by molar-refractivity contribution is 7.91. The fourth-order valence-electron chi connectivity index (χ4n) is 2.94. The molecule has 0 bridgehead atoms.